The van der Waals surface area contributed by atoms with Crippen LogP contribution in [0.4, 0.5) is 0 Å². The molecule has 0 N–H and O–H groups in total. The summed E-state index contributed by atoms with van der Waals surface area (Å²) in [5, 5.41) is 9.73. The van der Waals surface area contributed by atoms with Gasteiger partial charge in [0.1, 0.15) is 11.6 Å². The van der Waals surface area contributed by atoms with Crippen molar-refractivity contribution in [3.05, 3.63) is 69.7 Å². The summed E-state index contributed by atoms with van der Waals surface area (Å²) in [7, 11) is 1.56. The zero-order valence-electron chi connectivity index (χ0n) is 13.0. The van der Waals surface area contributed by atoms with Crippen molar-refractivity contribution in [1.29, 1.82) is 5.26 Å². The maximum absolute atomic E-state index is 9.73. The fraction of sp³-hybridized carbons (Fsp3) is 0.100. The Morgan fingerprint density at radius 3 is 2.75 bits per heavy atom. The zero-order chi connectivity index (χ0) is 16.7. The van der Waals surface area contributed by atoms with Gasteiger partial charge in [0, 0.05) is 22.0 Å². The van der Waals surface area contributed by atoms with Crippen LogP contribution in [-0.4, -0.2) is 12.1 Å². The summed E-state index contributed by atoms with van der Waals surface area (Å²) in [4.78, 5) is 4.64. The number of rotatable bonds is 2. The third-order valence-corrected chi connectivity index (χ3v) is 4.82. The van der Waals surface area contributed by atoms with E-state index in [2.05, 4.69) is 39.1 Å². The zero-order valence-corrected chi connectivity index (χ0v) is 14.6. The highest BCUT2D eigenvalue weighted by Gasteiger charge is 2.28. The van der Waals surface area contributed by atoms with Crippen molar-refractivity contribution in [1.82, 2.24) is 4.98 Å². The third kappa shape index (κ3) is 2.21. The normalized spacial score (nSPS) is 11.5. The van der Waals surface area contributed by atoms with Gasteiger partial charge >= 0.3 is 0 Å². The van der Waals surface area contributed by atoms with Crippen LogP contribution in [0, 0.1) is 11.3 Å². The van der Waals surface area contributed by atoms with E-state index in [9.17, 15) is 5.26 Å². The van der Waals surface area contributed by atoms with E-state index in [0.29, 0.717) is 11.4 Å². The van der Waals surface area contributed by atoms with E-state index in [1.807, 2.05) is 36.4 Å². The lowest BCUT2D eigenvalue weighted by Gasteiger charge is -2.14. The van der Waals surface area contributed by atoms with E-state index < -0.39 is 0 Å². The molecule has 0 saturated carbocycles. The SMILES string of the molecule is COc1nc2c(c(-c3cccc(Br)c3)c1C#N)Cc1ccccc1-2. The second kappa shape index (κ2) is 5.77. The molecule has 0 spiro atoms. The summed E-state index contributed by atoms with van der Waals surface area (Å²) in [6.45, 7) is 0. The monoisotopic (exact) mass is 376 g/mol. The number of halogens is 1. The Kier molecular flexibility index (Phi) is 3.59. The molecular weight excluding hydrogens is 364 g/mol. The molecule has 0 aliphatic heterocycles. The lowest BCUT2D eigenvalue weighted by molar-refractivity contribution is 0.397. The molecule has 4 rings (SSSR count). The molecule has 0 atom stereocenters. The summed E-state index contributed by atoms with van der Waals surface area (Å²) < 4.78 is 6.40. The summed E-state index contributed by atoms with van der Waals surface area (Å²) >= 11 is 3.52. The van der Waals surface area contributed by atoms with Crippen LogP contribution in [0.1, 0.15) is 16.7 Å². The van der Waals surface area contributed by atoms with Crippen molar-refractivity contribution < 1.29 is 4.74 Å². The highest BCUT2D eigenvalue weighted by molar-refractivity contribution is 9.10. The fourth-order valence-corrected chi connectivity index (χ4v) is 3.71. The van der Waals surface area contributed by atoms with Crippen LogP contribution in [0.15, 0.2) is 53.0 Å². The van der Waals surface area contributed by atoms with Crippen LogP contribution in [0.3, 0.4) is 0 Å². The minimum absolute atomic E-state index is 0.378. The molecule has 1 aromatic heterocycles. The van der Waals surface area contributed by atoms with Gasteiger partial charge < -0.3 is 4.74 Å². The van der Waals surface area contributed by atoms with Crippen LogP contribution in [-0.2, 0) is 6.42 Å². The van der Waals surface area contributed by atoms with Crippen molar-refractivity contribution in [2.24, 2.45) is 0 Å². The minimum Gasteiger partial charge on any atom is -0.480 e. The van der Waals surface area contributed by atoms with Crippen LogP contribution in [0.5, 0.6) is 5.88 Å². The number of methoxy groups -OCH3 is 1. The number of hydrogen-bond donors (Lipinski definition) is 0. The van der Waals surface area contributed by atoms with Gasteiger partial charge in [-0.3, -0.25) is 0 Å². The predicted octanol–water partition coefficient (Wildman–Crippen LogP) is 4.96. The topological polar surface area (TPSA) is 45.9 Å². The number of aromatic nitrogens is 1. The Balaban J connectivity index is 2.08. The number of nitrogens with zero attached hydrogens (tertiary/aromatic N) is 2. The Hall–Kier alpha value is -2.64. The van der Waals surface area contributed by atoms with Crippen molar-refractivity contribution in [3.63, 3.8) is 0 Å². The first-order valence-corrected chi connectivity index (χ1v) is 8.37. The molecule has 24 heavy (non-hydrogen) atoms. The highest BCUT2D eigenvalue weighted by Crippen LogP contribution is 2.44. The lowest BCUT2D eigenvalue weighted by atomic mass is 9.94. The number of ether oxygens (including phenoxy) is 1. The maximum atomic E-state index is 9.73. The van der Waals surface area contributed by atoms with Crippen LogP contribution in [0.25, 0.3) is 22.4 Å². The summed E-state index contributed by atoms with van der Waals surface area (Å²) in [5.41, 5.74) is 6.74. The first kappa shape index (κ1) is 14.9. The van der Waals surface area contributed by atoms with Gasteiger partial charge in [0.05, 0.1) is 12.8 Å². The number of hydrogen-bond acceptors (Lipinski definition) is 3. The van der Waals surface area contributed by atoms with Gasteiger partial charge in [-0.1, -0.05) is 52.3 Å². The number of benzene rings is 2. The first-order valence-electron chi connectivity index (χ1n) is 7.58. The summed E-state index contributed by atoms with van der Waals surface area (Å²) in [5.74, 6) is 0.378. The summed E-state index contributed by atoms with van der Waals surface area (Å²) in [6, 6.07) is 18.5. The molecule has 0 fully saturated rings. The standard InChI is InChI=1S/C20H13BrN2O/c1-24-20-17(11-22)18(13-6-4-7-14(21)9-13)16-10-12-5-2-3-8-15(12)19(16)23-20/h2-9H,10H2,1H3. The van der Waals surface area contributed by atoms with Gasteiger partial charge in [0.25, 0.3) is 0 Å². The Morgan fingerprint density at radius 2 is 2.00 bits per heavy atom. The van der Waals surface area contributed by atoms with Gasteiger partial charge in [-0.2, -0.15) is 5.26 Å². The van der Waals surface area contributed by atoms with E-state index in [-0.39, 0.29) is 0 Å². The molecule has 3 nitrogen and oxygen atoms in total. The van der Waals surface area contributed by atoms with Gasteiger partial charge in [0.15, 0.2) is 0 Å². The number of fused-ring (bicyclic) bond motifs is 3. The smallest absolute Gasteiger partial charge is 0.232 e. The van der Waals surface area contributed by atoms with Crippen LogP contribution >= 0.6 is 15.9 Å². The molecule has 4 heteroatoms. The van der Waals surface area contributed by atoms with E-state index in [1.165, 1.54) is 5.56 Å². The summed E-state index contributed by atoms with van der Waals surface area (Å²) in [6.07, 6.45) is 0.777. The molecule has 1 aliphatic carbocycles. The number of nitriles is 1. The minimum atomic E-state index is 0.378. The second-order valence-electron chi connectivity index (χ2n) is 5.65. The van der Waals surface area contributed by atoms with Gasteiger partial charge in [0.2, 0.25) is 5.88 Å². The van der Waals surface area contributed by atoms with E-state index in [1.54, 1.807) is 7.11 Å². The largest absolute Gasteiger partial charge is 0.480 e. The fourth-order valence-electron chi connectivity index (χ4n) is 3.31. The molecule has 0 radical (unpaired) electrons. The van der Waals surface area contributed by atoms with Crippen molar-refractivity contribution >= 4 is 15.9 Å². The molecule has 0 unspecified atom stereocenters. The average Bonchev–Trinajstić information content (AvgIpc) is 2.98. The molecule has 1 aliphatic rings. The highest BCUT2D eigenvalue weighted by atomic mass is 79.9. The molecular formula is C20H13BrN2O. The third-order valence-electron chi connectivity index (χ3n) is 4.32. The van der Waals surface area contributed by atoms with Crippen molar-refractivity contribution in [2.45, 2.75) is 6.42 Å². The molecule has 0 bridgehead atoms. The van der Waals surface area contributed by atoms with Crippen molar-refractivity contribution in [3.8, 4) is 34.3 Å². The molecule has 116 valence electrons. The Morgan fingerprint density at radius 1 is 1.17 bits per heavy atom. The molecule has 3 aromatic rings. The molecule has 2 aromatic carbocycles. The molecule has 1 heterocycles. The molecule has 0 saturated heterocycles. The van der Waals surface area contributed by atoms with Crippen LogP contribution in [0.2, 0.25) is 0 Å². The van der Waals surface area contributed by atoms with E-state index in [0.717, 1.165) is 38.8 Å². The van der Waals surface area contributed by atoms with Gasteiger partial charge in [-0.15, -0.1) is 0 Å². The maximum Gasteiger partial charge on any atom is 0.232 e. The van der Waals surface area contributed by atoms with Gasteiger partial charge in [-0.05, 0) is 28.8 Å². The van der Waals surface area contributed by atoms with Crippen LogP contribution < -0.4 is 4.74 Å². The number of pyridine rings is 1. The van der Waals surface area contributed by atoms with E-state index in [4.69, 9.17) is 4.74 Å². The Labute approximate surface area is 148 Å². The predicted molar refractivity (Wildman–Crippen MR) is 96.9 cm³/mol. The lowest BCUT2D eigenvalue weighted by Crippen LogP contribution is -2.00. The second-order valence-corrected chi connectivity index (χ2v) is 6.57. The first-order chi connectivity index (χ1) is 11.7. The van der Waals surface area contributed by atoms with E-state index >= 15 is 0 Å². The van der Waals surface area contributed by atoms with Gasteiger partial charge in [-0.25, -0.2) is 4.98 Å². The van der Waals surface area contributed by atoms with Crippen molar-refractivity contribution in [2.75, 3.05) is 7.11 Å². The Bertz CT molecular complexity index is 1010. The average molecular weight is 377 g/mol. The molecule has 0 amide bonds. The quantitative estimate of drug-likeness (QED) is 0.496.